The van der Waals surface area contributed by atoms with Gasteiger partial charge in [-0.1, -0.05) is 49.5 Å². The maximum Gasteiger partial charge on any atom is 0.0255 e. The minimum absolute atomic E-state index is 0.417. The summed E-state index contributed by atoms with van der Waals surface area (Å²) in [6, 6.07) is 4.44. The van der Waals surface area contributed by atoms with Crippen molar-refractivity contribution in [2.75, 3.05) is 0 Å². The predicted molar refractivity (Wildman–Crippen MR) is 79.2 cm³/mol. The highest BCUT2D eigenvalue weighted by atomic mass is 32.2. The maximum atomic E-state index is 2.34. The van der Waals surface area contributed by atoms with Crippen LogP contribution in [0.15, 0.2) is 23.1 Å². The molecule has 1 unspecified atom stereocenters. The molecule has 0 spiro atoms. The van der Waals surface area contributed by atoms with Crippen LogP contribution in [0.1, 0.15) is 12.5 Å². The first-order valence-corrected chi connectivity index (χ1v) is 9.67. The lowest BCUT2D eigenvalue weighted by Crippen LogP contribution is -2.11. The number of allylic oxidation sites excluding steroid dienone is 1. The zero-order valence-electron chi connectivity index (χ0n) is 10.2. The van der Waals surface area contributed by atoms with Crippen LogP contribution in [0.2, 0.25) is 13.1 Å². The summed E-state index contributed by atoms with van der Waals surface area (Å²) in [5, 5.41) is 3.42. The number of benzene rings is 1. The number of hydrogen-bond acceptors (Lipinski definition) is 1. The number of fused-ring (bicyclic) bond motifs is 3. The molecule has 0 N–H and O–H groups in total. The van der Waals surface area contributed by atoms with E-state index in [1.807, 2.05) is 11.8 Å². The summed E-state index contributed by atoms with van der Waals surface area (Å²) in [5.41, 5.74) is 1.42. The van der Waals surface area contributed by atoms with E-state index in [2.05, 4.69) is 56.5 Å². The zero-order valence-corrected chi connectivity index (χ0v) is 12.4. The molecule has 3 rings (SSSR count). The topological polar surface area (TPSA) is 0 Å². The van der Waals surface area contributed by atoms with E-state index >= 15 is 0 Å². The second-order valence-electron chi connectivity index (χ2n) is 4.21. The minimum atomic E-state index is 0.417. The first kappa shape index (κ1) is 11.7. The molecule has 0 nitrogen and oxygen atoms in total. The van der Waals surface area contributed by atoms with E-state index in [-0.39, 0.29) is 0 Å². The largest absolute Gasteiger partial charge is 0.118 e. The maximum absolute atomic E-state index is 2.34. The molecule has 2 heteroatoms. The fourth-order valence-corrected chi connectivity index (χ4v) is 3.10. The molecule has 0 radical (unpaired) electrons. The van der Waals surface area contributed by atoms with Crippen molar-refractivity contribution in [2.45, 2.75) is 30.2 Å². The molecule has 84 valence electrons. The van der Waals surface area contributed by atoms with Gasteiger partial charge in [0, 0.05) is 19.7 Å². The van der Waals surface area contributed by atoms with Crippen LogP contribution < -0.4 is 10.4 Å². The van der Waals surface area contributed by atoms with Gasteiger partial charge in [-0.2, -0.15) is 0 Å². The third-order valence-electron chi connectivity index (χ3n) is 2.52. The van der Waals surface area contributed by atoms with E-state index < -0.39 is 0 Å². The summed E-state index contributed by atoms with van der Waals surface area (Å²) in [4.78, 5) is 1.47. The standard InChI is InChI=1S/C12H10S.C2H8Si/c1-8-7-10-6-5-9-3-2-4-11(9)12(10)13-8;1-3-2/h2-8H,1H3;3H2,1-2H3. The van der Waals surface area contributed by atoms with E-state index in [4.69, 9.17) is 0 Å². The van der Waals surface area contributed by atoms with Gasteiger partial charge in [-0.15, -0.1) is 11.8 Å². The second kappa shape index (κ2) is 5.06. The van der Waals surface area contributed by atoms with Crippen molar-refractivity contribution >= 4 is 39.5 Å². The quantitative estimate of drug-likeness (QED) is 0.631. The van der Waals surface area contributed by atoms with Crippen molar-refractivity contribution in [3.05, 3.63) is 34.2 Å². The first-order valence-electron chi connectivity index (χ1n) is 5.96. The molecule has 1 aromatic carbocycles. The van der Waals surface area contributed by atoms with Gasteiger partial charge in [-0.05, 0) is 22.9 Å². The molecule has 0 aromatic heterocycles. The molecule has 1 heterocycles. The van der Waals surface area contributed by atoms with Crippen LogP contribution in [0.3, 0.4) is 0 Å². The lowest BCUT2D eigenvalue weighted by atomic mass is 10.1. The molecule has 1 aliphatic carbocycles. The molecule has 1 atom stereocenters. The minimum Gasteiger partial charge on any atom is -0.118 e. The van der Waals surface area contributed by atoms with Gasteiger partial charge in [-0.3, -0.25) is 0 Å². The number of hydrogen-bond donors (Lipinski definition) is 0. The molecule has 0 amide bonds. The van der Waals surface area contributed by atoms with Crippen molar-refractivity contribution < 1.29 is 0 Å². The van der Waals surface area contributed by atoms with Gasteiger partial charge in [0.2, 0.25) is 0 Å². The molecule has 1 aliphatic heterocycles. The van der Waals surface area contributed by atoms with Crippen LogP contribution in [0.25, 0.3) is 18.2 Å². The van der Waals surface area contributed by atoms with Crippen LogP contribution in [0, 0.1) is 0 Å². The molecule has 2 aliphatic rings. The highest BCUT2D eigenvalue weighted by molar-refractivity contribution is 8.00. The SMILES string of the molecule is CC1C=c2ccc3c(c2S1)C=CC=3.C[SiH2]C. The van der Waals surface area contributed by atoms with Gasteiger partial charge in [-0.25, -0.2) is 0 Å². The Balaban J connectivity index is 0.000000292. The Bertz CT molecular complexity index is 528. The van der Waals surface area contributed by atoms with Gasteiger partial charge < -0.3 is 0 Å². The highest BCUT2D eigenvalue weighted by Crippen LogP contribution is 2.28. The van der Waals surface area contributed by atoms with Crippen LogP contribution in [-0.4, -0.2) is 14.8 Å². The van der Waals surface area contributed by atoms with Crippen molar-refractivity contribution in [3.63, 3.8) is 0 Å². The smallest absolute Gasteiger partial charge is 0.0255 e. The van der Waals surface area contributed by atoms with E-state index in [0.717, 1.165) is 0 Å². The summed E-state index contributed by atoms with van der Waals surface area (Å²) < 4.78 is 0. The molecule has 0 saturated heterocycles. The van der Waals surface area contributed by atoms with Crippen molar-refractivity contribution in [3.8, 4) is 0 Å². The third kappa shape index (κ3) is 2.18. The van der Waals surface area contributed by atoms with Crippen LogP contribution in [0.4, 0.5) is 0 Å². The fourth-order valence-electron chi connectivity index (χ4n) is 1.93. The molecule has 0 bridgehead atoms. The molecular formula is C14H18SSi. The molecular weight excluding hydrogens is 228 g/mol. The Kier molecular flexibility index (Phi) is 3.72. The normalized spacial score (nSPS) is 19.1. The van der Waals surface area contributed by atoms with E-state index in [1.54, 1.807) is 0 Å². The molecule has 1 aromatic rings. The average molecular weight is 246 g/mol. The highest BCUT2D eigenvalue weighted by Gasteiger charge is 2.14. The summed E-state index contributed by atoms with van der Waals surface area (Å²) >= 11 is 1.97. The van der Waals surface area contributed by atoms with Crippen LogP contribution in [0.5, 0.6) is 0 Å². The van der Waals surface area contributed by atoms with Crippen LogP contribution in [-0.2, 0) is 0 Å². The zero-order chi connectivity index (χ0) is 11.5. The number of thioether (sulfide) groups is 1. The van der Waals surface area contributed by atoms with Gasteiger partial charge in [0.05, 0.1) is 0 Å². The lowest BCUT2D eigenvalue weighted by molar-refractivity contribution is 1.33. The van der Waals surface area contributed by atoms with Gasteiger partial charge in [0.25, 0.3) is 0 Å². The summed E-state index contributed by atoms with van der Waals surface area (Å²) in [7, 11) is 0.417. The monoisotopic (exact) mass is 246 g/mol. The lowest BCUT2D eigenvalue weighted by Gasteiger charge is -2.01. The first-order chi connectivity index (χ1) is 7.76. The predicted octanol–water partition coefficient (Wildman–Crippen LogP) is 2.02. The molecule has 0 fully saturated rings. The Morgan fingerprint density at radius 1 is 1.19 bits per heavy atom. The fraction of sp³-hybridized carbons (Fsp3) is 0.286. The Morgan fingerprint density at radius 2 is 1.88 bits per heavy atom. The van der Waals surface area contributed by atoms with Gasteiger partial charge in [0.1, 0.15) is 0 Å². The van der Waals surface area contributed by atoms with Gasteiger partial charge in [0.15, 0.2) is 0 Å². The second-order valence-corrected chi connectivity index (χ2v) is 7.01. The van der Waals surface area contributed by atoms with E-state index in [0.29, 0.717) is 14.8 Å². The Morgan fingerprint density at radius 3 is 2.62 bits per heavy atom. The van der Waals surface area contributed by atoms with Crippen LogP contribution >= 0.6 is 11.8 Å². The molecule has 0 saturated carbocycles. The molecule has 16 heavy (non-hydrogen) atoms. The van der Waals surface area contributed by atoms with Gasteiger partial charge >= 0.3 is 0 Å². The third-order valence-corrected chi connectivity index (χ3v) is 3.72. The van der Waals surface area contributed by atoms with E-state index in [1.165, 1.54) is 20.9 Å². The van der Waals surface area contributed by atoms with Crippen molar-refractivity contribution in [1.82, 2.24) is 0 Å². The van der Waals surface area contributed by atoms with E-state index in [9.17, 15) is 0 Å². The van der Waals surface area contributed by atoms with Crippen molar-refractivity contribution in [2.24, 2.45) is 0 Å². The summed E-state index contributed by atoms with van der Waals surface area (Å²) in [6.07, 6.45) is 8.87. The summed E-state index contributed by atoms with van der Waals surface area (Å²) in [6.45, 7) is 6.78. The average Bonchev–Trinajstić information content (AvgIpc) is 2.81. The summed E-state index contributed by atoms with van der Waals surface area (Å²) in [5.74, 6) is 0. The van der Waals surface area contributed by atoms with Crippen molar-refractivity contribution in [1.29, 1.82) is 0 Å². The Labute approximate surface area is 104 Å². The Hall–Kier alpha value is -0.733. The number of rotatable bonds is 0.